The van der Waals surface area contributed by atoms with Crippen LogP contribution in [0.25, 0.3) is 11.0 Å². The summed E-state index contributed by atoms with van der Waals surface area (Å²) in [5.41, 5.74) is 0.794. The molecule has 0 fully saturated rings. The summed E-state index contributed by atoms with van der Waals surface area (Å²) in [6.45, 7) is 2.01. The van der Waals surface area contributed by atoms with Gasteiger partial charge in [-0.2, -0.15) is 5.10 Å². The summed E-state index contributed by atoms with van der Waals surface area (Å²) < 4.78 is 3.59. The van der Waals surface area contributed by atoms with Crippen LogP contribution in [0.4, 0.5) is 5.82 Å². The van der Waals surface area contributed by atoms with Crippen LogP contribution in [0.5, 0.6) is 0 Å². The number of aromatic nitrogens is 7. The number of nitrogens with one attached hydrogen (secondary N) is 1. The molecule has 0 aromatic carbocycles. The van der Waals surface area contributed by atoms with Gasteiger partial charge in [0, 0.05) is 14.1 Å². The molecule has 8 nitrogen and oxygen atoms in total. The molecule has 98 valence electrons. The third-order valence-corrected chi connectivity index (χ3v) is 3.02. The number of fused-ring (bicyclic) bond motifs is 1. The van der Waals surface area contributed by atoms with E-state index in [1.807, 2.05) is 25.6 Å². The Morgan fingerprint density at radius 1 is 1.26 bits per heavy atom. The molecule has 0 radical (unpaired) electrons. The third-order valence-electron chi connectivity index (χ3n) is 3.02. The van der Waals surface area contributed by atoms with Crippen LogP contribution in [-0.2, 0) is 14.1 Å². The van der Waals surface area contributed by atoms with Gasteiger partial charge in [-0.05, 0) is 6.92 Å². The highest BCUT2D eigenvalue weighted by molar-refractivity contribution is 5.86. The molecular formula is C11H14N8. The van der Waals surface area contributed by atoms with Gasteiger partial charge >= 0.3 is 0 Å². The Hall–Kier alpha value is -2.51. The molecule has 0 bridgehead atoms. The first-order valence-electron chi connectivity index (χ1n) is 5.90. The van der Waals surface area contributed by atoms with Gasteiger partial charge in [-0.3, -0.25) is 4.68 Å². The van der Waals surface area contributed by atoms with E-state index in [-0.39, 0.29) is 6.04 Å². The van der Waals surface area contributed by atoms with Crippen molar-refractivity contribution in [2.75, 3.05) is 5.32 Å². The van der Waals surface area contributed by atoms with Crippen molar-refractivity contribution in [3.05, 3.63) is 24.7 Å². The highest BCUT2D eigenvalue weighted by atomic mass is 15.3. The minimum Gasteiger partial charge on any atom is -0.360 e. The average molecular weight is 258 g/mol. The molecule has 3 aromatic heterocycles. The molecule has 3 heterocycles. The zero-order valence-corrected chi connectivity index (χ0v) is 10.9. The molecule has 1 N–H and O–H groups in total. The number of hydrogen-bond donors (Lipinski definition) is 1. The minimum absolute atomic E-state index is 0.00851. The minimum atomic E-state index is -0.00851. The lowest BCUT2D eigenvalue weighted by Gasteiger charge is -2.13. The standard InChI is InChI=1S/C11H14N8/c1-7(10-17-14-6-18(10)2)16-9-8-4-15-19(3)11(8)13-5-12-9/h4-7H,1-3H3,(H,12,13,16). The van der Waals surface area contributed by atoms with Crippen LogP contribution in [0, 0.1) is 0 Å². The summed E-state index contributed by atoms with van der Waals surface area (Å²) in [4.78, 5) is 8.47. The van der Waals surface area contributed by atoms with Crippen LogP contribution < -0.4 is 5.32 Å². The van der Waals surface area contributed by atoms with Crippen LogP contribution >= 0.6 is 0 Å². The molecule has 0 saturated heterocycles. The van der Waals surface area contributed by atoms with Gasteiger partial charge < -0.3 is 9.88 Å². The number of anilines is 1. The van der Waals surface area contributed by atoms with Crippen LogP contribution in [0.3, 0.4) is 0 Å². The highest BCUT2D eigenvalue weighted by Crippen LogP contribution is 2.22. The van der Waals surface area contributed by atoms with Gasteiger partial charge in [0.1, 0.15) is 18.5 Å². The Balaban J connectivity index is 1.95. The molecule has 0 aliphatic rings. The molecule has 8 heteroatoms. The van der Waals surface area contributed by atoms with Crippen molar-refractivity contribution in [3.63, 3.8) is 0 Å². The number of hydrogen-bond acceptors (Lipinski definition) is 6. The summed E-state index contributed by atoms with van der Waals surface area (Å²) in [5, 5.41) is 16.3. The molecular weight excluding hydrogens is 244 g/mol. The van der Waals surface area contributed by atoms with Crippen LogP contribution in [-0.4, -0.2) is 34.5 Å². The van der Waals surface area contributed by atoms with Crippen molar-refractivity contribution in [1.82, 2.24) is 34.5 Å². The van der Waals surface area contributed by atoms with Crippen LogP contribution in [0.2, 0.25) is 0 Å². The lowest BCUT2D eigenvalue weighted by Crippen LogP contribution is -2.13. The Kier molecular flexibility index (Phi) is 2.62. The van der Waals surface area contributed by atoms with Gasteiger partial charge in [-0.1, -0.05) is 0 Å². The second kappa shape index (κ2) is 4.30. The molecule has 0 amide bonds. The Labute approximate surface area is 109 Å². The Morgan fingerprint density at radius 2 is 2.11 bits per heavy atom. The zero-order chi connectivity index (χ0) is 13.4. The Morgan fingerprint density at radius 3 is 2.84 bits per heavy atom. The lowest BCUT2D eigenvalue weighted by molar-refractivity contribution is 0.717. The van der Waals surface area contributed by atoms with Gasteiger partial charge in [0.15, 0.2) is 11.5 Å². The van der Waals surface area contributed by atoms with E-state index in [0.717, 1.165) is 22.7 Å². The zero-order valence-electron chi connectivity index (χ0n) is 10.9. The normalized spacial score (nSPS) is 12.8. The molecule has 0 aliphatic heterocycles. The van der Waals surface area contributed by atoms with E-state index in [1.54, 1.807) is 17.2 Å². The second-order valence-corrected chi connectivity index (χ2v) is 4.39. The van der Waals surface area contributed by atoms with E-state index >= 15 is 0 Å². The monoisotopic (exact) mass is 258 g/mol. The SMILES string of the molecule is CC(Nc1ncnc2c1cnn2C)c1nncn1C. The van der Waals surface area contributed by atoms with Crippen molar-refractivity contribution in [1.29, 1.82) is 0 Å². The highest BCUT2D eigenvalue weighted by Gasteiger charge is 2.14. The van der Waals surface area contributed by atoms with E-state index in [2.05, 4.69) is 30.6 Å². The molecule has 0 saturated carbocycles. The molecule has 19 heavy (non-hydrogen) atoms. The van der Waals surface area contributed by atoms with Crippen molar-refractivity contribution < 1.29 is 0 Å². The topological polar surface area (TPSA) is 86.3 Å². The summed E-state index contributed by atoms with van der Waals surface area (Å²) in [5.74, 6) is 1.59. The van der Waals surface area contributed by atoms with Crippen molar-refractivity contribution in [2.24, 2.45) is 14.1 Å². The second-order valence-electron chi connectivity index (χ2n) is 4.39. The predicted octanol–water partition coefficient (Wildman–Crippen LogP) is 0.665. The quantitative estimate of drug-likeness (QED) is 0.743. The molecule has 3 rings (SSSR count). The first-order valence-corrected chi connectivity index (χ1v) is 5.90. The lowest BCUT2D eigenvalue weighted by atomic mass is 10.3. The molecule has 1 atom stereocenters. The fourth-order valence-electron chi connectivity index (χ4n) is 2.03. The van der Waals surface area contributed by atoms with Gasteiger partial charge in [0.25, 0.3) is 0 Å². The number of nitrogens with zero attached hydrogens (tertiary/aromatic N) is 7. The van der Waals surface area contributed by atoms with E-state index in [4.69, 9.17) is 0 Å². The van der Waals surface area contributed by atoms with E-state index in [1.165, 1.54) is 6.33 Å². The fraction of sp³-hybridized carbons (Fsp3) is 0.364. The number of rotatable bonds is 3. The van der Waals surface area contributed by atoms with Crippen molar-refractivity contribution >= 4 is 16.9 Å². The van der Waals surface area contributed by atoms with Crippen LogP contribution in [0.15, 0.2) is 18.9 Å². The summed E-state index contributed by atoms with van der Waals surface area (Å²) in [6, 6.07) is -0.00851. The number of aryl methyl sites for hydroxylation is 2. The third kappa shape index (κ3) is 1.90. The van der Waals surface area contributed by atoms with E-state index in [9.17, 15) is 0 Å². The van der Waals surface area contributed by atoms with E-state index < -0.39 is 0 Å². The molecule has 0 aliphatic carbocycles. The van der Waals surface area contributed by atoms with Crippen molar-refractivity contribution in [3.8, 4) is 0 Å². The summed E-state index contributed by atoms with van der Waals surface area (Å²) in [7, 11) is 3.76. The first-order chi connectivity index (χ1) is 9.16. The first kappa shape index (κ1) is 11.6. The molecule has 0 spiro atoms. The van der Waals surface area contributed by atoms with Gasteiger partial charge in [-0.25, -0.2) is 9.97 Å². The van der Waals surface area contributed by atoms with Gasteiger partial charge in [-0.15, -0.1) is 10.2 Å². The smallest absolute Gasteiger partial charge is 0.163 e. The van der Waals surface area contributed by atoms with Gasteiger partial charge in [0.2, 0.25) is 0 Å². The van der Waals surface area contributed by atoms with Crippen molar-refractivity contribution in [2.45, 2.75) is 13.0 Å². The predicted molar refractivity (Wildman–Crippen MR) is 69.3 cm³/mol. The van der Waals surface area contributed by atoms with E-state index in [0.29, 0.717) is 0 Å². The van der Waals surface area contributed by atoms with Gasteiger partial charge in [0.05, 0.1) is 17.6 Å². The Bertz CT molecular complexity index is 712. The maximum Gasteiger partial charge on any atom is 0.163 e. The molecule has 3 aromatic rings. The maximum absolute atomic E-state index is 4.27. The largest absolute Gasteiger partial charge is 0.360 e. The molecule has 1 unspecified atom stereocenters. The summed E-state index contributed by atoms with van der Waals surface area (Å²) >= 11 is 0. The maximum atomic E-state index is 4.27. The summed E-state index contributed by atoms with van der Waals surface area (Å²) in [6.07, 6.45) is 4.95. The fourth-order valence-corrected chi connectivity index (χ4v) is 2.03. The van der Waals surface area contributed by atoms with Crippen LogP contribution in [0.1, 0.15) is 18.8 Å². The average Bonchev–Trinajstić information content (AvgIpc) is 2.97.